The van der Waals surface area contributed by atoms with E-state index < -0.39 is 19.7 Å². The monoisotopic (exact) mass is 1560 g/mol. The number of nitro groups is 4. The summed E-state index contributed by atoms with van der Waals surface area (Å²) >= 11 is 9.87. The summed E-state index contributed by atoms with van der Waals surface area (Å²) in [6, 6.07) is 50.7. The number of carbonyl (C=O) groups excluding carboxylic acids is 6. The van der Waals surface area contributed by atoms with Crippen molar-refractivity contribution in [2.75, 3.05) is 32.6 Å². The molecule has 12 N–H and O–H groups in total. The molecule has 612 valence electrons. The molecule has 0 spiro atoms. The van der Waals surface area contributed by atoms with Crippen molar-refractivity contribution < 1.29 is 48.5 Å². The molecule has 0 saturated heterocycles. The van der Waals surface area contributed by atoms with Gasteiger partial charge in [0.05, 0.1) is 19.7 Å². The fourth-order valence-corrected chi connectivity index (χ4v) is 5.51. The van der Waals surface area contributed by atoms with E-state index in [1.807, 2.05) is 165 Å². The third-order valence-electron chi connectivity index (χ3n) is 14.0. The maximum absolute atomic E-state index is 11.0. The van der Waals surface area contributed by atoms with Crippen LogP contribution in [0, 0.1) is 56.7 Å². The lowest BCUT2D eigenvalue weighted by Gasteiger charge is -2.23. The van der Waals surface area contributed by atoms with Gasteiger partial charge in [-0.25, -0.2) is 0 Å². The number of nitrogens with one attached hydrogen (secondary N) is 4. The van der Waals surface area contributed by atoms with Gasteiger partial charge in [0.25, 0.3) is 22.7 Å². The highest BCUT2D eigenvalue weighted by molar-refractivity contribution is 6.64. The maximum atomic E-state index is 11.0. The van der Waals surface area contributed by atoms with Crippen LogP contribution in [0.1, 0.15) is 199 Å². The highest BCUT2D eigenvalue weighted by Gasteiger charge is 2.25. The number of hydrogen-bond acceptors (Lipinski definition) is 18. The number of halogens is 2. The van der Waals surface area contributed by atoms with Gasteiger partial charge < -0.3 is 44.2 Å². The lowest BCUT2D eigenvalue weighted by Crippen LogP contribution is -2.41. The van der Waals surface area contributed by atoms with Crippen molar-refractivity contribution in [2.24, 2.45) is 27.7 Å². The fourth-order valence-electron chi connectivity index (χ4n) is 5.37. The van der Waals surface area contributed by atoms with Crippen LogP contribution in [-0.4, -0.2) is 91.6 Å². The van der Waals surface area contributed by atoms with Crippen LogP contribution in [0.4, 0.5) is 34.1 Å². The largest absolute Gasteiger partial charge is 0.399 e. The van der Waals surface area contributed by atoms with E-state index in [0.29, 0.717) is 0 Å². The third-order valence-corrected chi connectivity index (χ3v) is 14.6. The van der Waals surface area contributed by atoms with Crippen molar-refractivity contribution in [1.29, 1.82) is 0 Å². The SMILES string of the molecule is C.C.CC(=O)Cl.CCC(C)(C)C(=O)Cl.CCC(C)(C)C(=O)NC.CCC(C)(C)C(=O)NC.CCC(C)(C)N.CCC(C)(C)NC(C)=O.CCC(C)(C)NC(C)=O.CN.Nc1ccccc1.Nc1ccccc1.O=[N+]([O-])c1ccccc1.O=[N+]([O-])c1ccccc1.O=[N+]([O-])c1ccccc1.O=[N+]([O-])c1ccccc1. The third kappa shape index (κ3) is 80.3. The first kappa shape index (κ1) is 119. The molecule has 0 saturated carbocycles. The van der Waals surface area contributed by atoms with Crippen LogP contribution in [-0.2, 0) is 28.8 Å². The standard InChI is InChI=1S/4C7H15NO.C6H11ClO.4C6H5NO2.2C6H7N.C5H13N.C2H3ClO.CH5N.2CH4/c2*1-5-7(2,3)6(9)8-4;2*1-5-7(3,4)8-6(2)9;1-4-6(2,3)5(7)8;4*8-7(9)6-4-2-1-3-5-6;2*7-6-4-2-1-3-5-6;1-4-5(2,3)6;1-2(3)4;1-2;;/h4*5H2,1-4H3,(H,8,9);4H2,1-3H3;4*1-5H;2*1-5H,7H2;4,6H2,1-3H3;1H3;2H2,1H3;2*1H4. The second-order valence-corrected chi connectivity index (χ2v) is 26.9. The van der Waals surface area contributed by atoms with E-state index in [-0.39, 0.29) is 105 Å². The van der Waals surface area contributed by atoms with Gasteiger partial charge in [-0.3, -0.25) is 69.2 Å². The van der Waals surface area contributed by atoms with E-state index in [2.05, 4.69) is 59.4 Å². The molecule has 0 bridgehead atoms. The van der Waals surface area contributed by atoms with Gasteiger partial charge in [-0.05, 0) is 135 Å². The first-order chi connectivity index (χ1) is 48.8. The van der Waals surface area contributed by atoms with Crippen LogP contribution in [0.5, 0.6) is 0 Å². The molecule has 0 atom stereocenters. The number of hydrogen-bond donors (Lipinski definition) is 8. The summed E-state index contributed by atoms with van der Waals surface area (Å²) in [5.41, 5.74) is 22.2. The number of benzene rings is 6. The molecule has 0 aromatic heterocycles. The first-order valence-corrected chi connectivity index (χ1v) is 34.7. The topological polar surface area (TPSA) is 427 Å². The molecule has 6 aromatic carbocycles. The van der Waals surface area contributed by atoms with Crippen LogP contribution in [0.3, 0.4) is 0 Å². The summed E-state index contributed by atoms with van der Waals surface area (Å²) in [5, 5.41) is 50.3. The minimum atomic E-state index is -0.417. The first-order valence-electron chi connectivity index (χ1n) is 34.0. The molecule has 0 radical (unpaired) electrons. The Morgan fingerprint density at radius 2 is 0.528 bits per heavy atom. The Bertz CT molecular complexity index is 2980. The zero-order chi connectivity index (χ0) is 84.5. The zero-order valence-corrected chi connectivity index (χ0v) is 68.6. The van der Waals surface area contributed by atoms with Crippen LogP contribution in [0.2, 0.25) is 0 Å². The predicted molar refractivity (Wildman–Crippen MR) is 450 cm³/mol. The Balaban J connectivity index is -0.000000120. The average molecular weight is 1560 g/mol. The van der Waals surface area contributed by atoms with E-state index in [1.165, 1.54) is 76.3 Å². The molecule has 0 aliphatic rings. The van der Waals surface area contributed by atoms with E-state index in [9.17, 15) is 69.2 Å². The summed E-state index contributed by atoms with van der Waals surface area (Å²) in [6.45, 7) is 40.0. The smallest absolute Gasteiger partial charge is 0.269 e. The minimum absolute atomic E-state index is 0. The van der Waals surface area contributed by atoms with Crippen molar-refractivity contribution in [3.63, 3.8) is 0 Å². The molecule has 6 rings (SSSR count). The molecule has 0 aliphatic heterocycles. The lowest BCUT2D eigenvalue weighted by molar-refractivity contribution is -0.385. The van der Waals surface area contributed by atoms with Gasteiger partial charge in [-0.1, -0.05) is 207 Å². The van der Waals surface area contributed by atoms with Gasteiger partial charge in [0.15, 0.2) is 0 Å². The summed E-state index contributed by atoms with van der Waals surface area (Å²) in [5.74, 6) is 0.318. The number of rotatable bonds is 15. The lowest BCUT2D eigenvalue weighted by atomic mass is 9.89. The quantitative estimate of drug-likeness (QED) is 0.0205. The number of nitrogens with zero attached hydrogens (tertiary/aromatic N) is 4. The predicted octanol–water partition coefficient (Wildman–Crippen LogP) is 18.8. The molecule has 26 nitrogen and oxygen atoms in total. The molecular formula is C80H134Cl2N12O14. The van der Waals surface area contributed by atoms with E-state index >= 15 is 0 Å². The highest BCUT2D eigenvalue weighted by Crippen LogP contribution is 2.23. The number of nitrogens with two attached hydrogens (primary N) is 4. The van der Waals surface area contributed by atoms with Crippen LogP contribution in [0.15, 0.2) is 182 Å². The Kier molecular flexibility index (Phi) is 76.2. The van der Waals surface area contributed by atoms with E-state index in [4.69, 9.17) is 28.8 Å². The summed E-state index contributed by atoms with van der Waals surface area (Å²) in [7, 11) is 4.83. The molecule has 0 unspecified atom stereocenters. The second kappa shape index (κ2) is 69.0. The van der Waals surface area contributed by atoms with Gasteiger partial charge in [-0.2, -0.15) is 0 Å². The highest BCUT2D eigenvalue weighted by atomic mass is 35.5. The van der Waals surface area contributed by atoms with Crippen molar-refractivity contribution in [2.45, 2.75) is 215 Å². The molecule has 4 amide bonds. The number of carbonyl (C=O) groups is 6. The fraction of sp³-hybridized carbons (Fsp3) is 0.475. The number of nitro benzene ring substituents is 4. The molecule has 0 aliphatic carbocycles. The molecule has 0 fully saturated rings. The van der Waals surface area contributed by atoms with Crippen molar-refractivity contribution >= 4 is 91.4 Å². The maximum Gasteiger partial charge on any atom is 0.269 e. The summed E-state index contributed by atoms with van der Waals surface area (Å²) in [4.78, 5) is 101. The van der Waals surface area contributed by atoms with Gasteiger partial charge in [-0.15, -0.1) is 0 Å². The number of amides is 4. The number of nitrogen functional groups attached to an aromatic ring is 2. The van der Waals surface area contributed by atoms with E-state index in [1.54, 1.807) is 86.9 Å². The summed E-state index contributed by atoms with van der Waals surface area (Å²) < 4.78 is 0. The molecule has 6 aromatic rings. The molecule has 28 heteroatoms. The number of anilines is 2. The molecular weight excluding hydrogens is 1420 g/mol. The summed E-state index contributed by atoms with van der Waals surface area (Å²) in [6.07, 6.45) is 5.54. The van der Waals surface area contributed by atoms with Gasteiger partial charge in [0.1, 0.15) is 0 Å². The van der Waals surface area contributed by atoms with Crippen molar-refractivity contribution in [1.82, 2.24) is 21.3 Å². The number of non-ortho nitro benzene ring substituents is 4. The Morgan fingerprint density at radius 1 is 0.361 bits per heavy atom. The molecule has 108 heavy (non-hydrogen) atoms. The number of para-hydroxylation sites is 6. The normalized spacial score (nSPS) is 9.59. The Morgan fingerprint density at radius 3 is 0.583 bits per heavy atom. The van der Waals surface area contributed by atoms with Gasteiger partial charge in [0.2, 0.25) is 34.1 Å². The second-order valence-electron chi connectivity index (χ2n) is 26.0. The van der Waals surface area contributed by atoms with Crippen LogP contribution >= 0.6 is 23.2 Å². The van der Waals surface area contributed by atoms with Crippen molar-refractivity contribution in [3.8, 4) is 0 Å². The Hall–Kier alpha value is -9.76. The van der Waals surface area contributed by atoms with Gasteiger partial charge in [0, 0.05) is 128 Å². The molecule has 0 heterocycles. The average Bonchev–Trinajstić information content (AvgIpc) is 0.914. The zero-order valence-electron chi connectivity index (χ0n) is 67.1. The van der Waals surface area contributed by atoms with Gasteiger partial charge >= 0.3 is 0 Å². The van der Waals surface area contributed by atoms with Crippen LogP contribution < -0.4 is 44.2 Å². The van der Waals surface area contributed by atoms with Crippen LogP contribution in [0.25, 0.3) is 0 Å². The van der Waals surface area contributed by atoms with E-state index in [0.717, 1.165) is 49.9 Å². The Labute approximate surface area is 656 Å². The van der Waals surface area contributed by atoms with Crippen molar-refractivity contribution in [3.05, 3.63) is 222 Å². The minimum Gasteiger partial charge on any atom is -0.399 e.